The van der Waals surface area contributed by atoms with Crippen molar-refractivity contribution in [1.29, 1.82) is 0 Å². The molecule has 3 heteroatoms. The Bertz CT molecular complexity index is 515. The predicted octanol–water partition coefficient (Wildman–Crippen LogP) is 1.93. The monoisotopic (exact) mass is 257 g/mol. The van der Waals surface area contributed by atoms with Gasteiger partial charge in [-0.15, -0.1) is 0 Å². The van der Waals surface area contributed by atoms with Crippen molar-refractivity contribution < 1.29 is 9.59 Å². The van der Waals surface area contributed by atoms with Crippen molar-refractivity contribution in [2.24, 2.45) is 5.92 Å². The summed E-state index contributed by atoms with van der Waals surface area (Å²) in [7, 11) is 0. The third kappa shape index (κ3) is 2.76. The fraction of sp³-hybridized carbons (Fsp3) is 0.500. The van der Waals surface area contributed by atoms with Gasteiger partial charge in [-0.2, -0.15) is 0 Å². The number of carbonyl (C=O) groups is 2. The molecule has 1 heterocycles. The molecule has 3 nitrogen and oxygen atoms in total. The van der Waals surface area contributed by atoms with Crippen LogP contribution in [-0.4, -0.2) is 24.7 Å². The van der Waals surface area contributed by atoms with Crippen molar-refractivity contribution in [2.75, 3.05) is 13.1 Å². The first-order valence-electron chi connectivity index (χ1n) is 7.10. The maximum Gasteiger partial charge on any atom is 0.162 e. The average molecular weight is 257 g/mol. The molecule has 0 spiro atoms. The molecule has 0 saturated carbocycles. The van der Waals surface area contributed by atoms with Crippen molar-refractivity contribution >= 4 is 11.6 Å². The Morgan fingerprint density at radius 1 is 1.26 bits per heavy atom. The van der Waals surface area contributed by atoms with Gasteiger partial charge in [0.25, 0.3) is 0 Å². The molecule has 1 aromatic carbocycles. The van der Waals surface area contributed by atoms with Crippen LogP contribution < -0.4 is 5.32 Å². The van der Waals surface area contributed by atoms with Gasteiger partial charge < -0.3 is 5.32 Å². The molecule has 19 heavy (non-hydrogen) atoms. The summed E-state index contributed by atoms with van der Waals surface area (Å²) in [4.78, 5) is 23.6. The number of Topliss-reactive ketones (excluding diaryl/α,β-unsaturated/α-hetero) is 2. The molecular weight excluding hydrogens is 238 g/mol. The summed E-state index contributed by atoms with van der Waals surface area (Å²) < 4.78 is 0. The van der Waals surface area contributed by atoms with E-state index >= 15 is 0 Å². The lowest BCUT2D eigenvalue weighted by Crippen LogP contribution is -2.10. The first kappa shape index (κ1) is 12.5. The summed E-state index contributed by atoms with van der Waals surface area (Å²) in [6.45, 7) is 2.13. The van der Waals surface area contributed by atoms with Gasteiger partial charge in [-0.25, -0.2) is 0 Å². The van der Waals surface area contributed by atoms with Gasteiger partial charge >= 0.3 is 0 Å². The summed E-state index contributed by atoms with van der Waals surface area (Å²) >= 11 is 0. The third-order valence-electron chi connectivity index (χ3n) is 4.25. The first-order valence-corrected chi connectivity index (χ1v) is 7.10. The fourth-order valence-electron chi connectivity index (χ4n) is 3.06. The van der Waals surface area contributed by atoms with Crippen LogP contribution in [0.1, 0.15) is 40.7 Å². The van der Waals surface area contributed by atoms with Crippen LogP contribution in [0.25, 0.3) is 0 Å². The van der Waals surface area contributed by atoms with Crippen LogP contribution in [0.15, 0.2) is 18.2 Å². The molecule has 0 unspecified atom stereocenters. The lowest BCUT2D eigenvalue weighted by Gasteiger charge is -2.08. The van der Waals surface area contributed by atoms with E-state index in [4.69, 9.17) is 0 Å². The Balaban J connectivity index is 1.63. The third-order valence-corrected chi connectivity index (χ3v) is 4.25. The van der Waals surface area contributed by atoms with Gasteiger partial charge in [0, 0.05) is 24.8 Å². The van der Waals surface area contributed by atoms with Gasteiger partial charge in [-0.3, -0.25) is 9.59 Å². The number of ketones is 2. The van der Waals surface area contributed by atoms with Crippen molar-refractivity contribution in [3.05, 3.63) is 34.9 Å². The number of benzene rings is 1. The van der Waals surface area contributed by atoms with Crippen LogP contribution in [0.5, 0.6) is 0 Å². The van der Waals surface area contributed by atoms with Crippen LogP contribution in [-0.2, 0) is 17.6 Å². The molecule has 0 radical (unpaired) electrons. The van der Waals surface area contributed by atoms with E-state index in [1.54, 1.807) is 0 Å². The van der Waals surface area contributed by atoms with Gasteiger partial charge in [0.15, 0.2) is 5.78 Å². The molecule has 2 aliphatic rings. The zero-order chi connectivity index (χ0) is 13.2. The predicted molar refractivity (Wildman–Crippen MR) is 73.4 cm³/mol. The van der Waals surface area contributed by atoms with Crippen LogP contribution in [0.2, 0.25) is 0 Å². The number of fused-ring (bicyclic) bond motifs is 1. The van der Waals surface area contributed by atoms with Gasteiger partial charge in [0.2, 0.25) is 0 Å². The zero-order valence-electron chi connectivity index (χ0n) is 11.1. The van der Waals surface area contributed by atoms with E-state index in [-0.39, 0.29) is 11.6 Å². The van der Waals surface area contributed by atoms with E-state index < -0.39 is 0 Å². The van der Waals surface area contributed by atoms with E-state index in [1.807, 2.05) is 18.2 Å². The van der Waals surface area contributed by atoms with E-state index in [0.717, 1.165) is 36.2 Å². The lowest BCUT2D eigenvalue weighted by atomic mass is 9.96. The van der Waals surface area contributed by atoms with Crippen LogP contribution in [0, 0.1) is 5.92 Å². The van der Waals surface area contributed by atoms with Crippen molar-refractivity contribution in [1.82, 2.24) is 5.32 Å². The first-order chi connectivity index (χ1) is 9.22. The normalized spacial score (nSPS) is 21.7. The number of nitrogens with one attached hydrogen (secondary N) is 1. The molecule has 1 aromatic rings. The maximum atomic E-state index is 12.2. The second-order valence-electron chi connectivity index (χ2n) is 5.70. The lowest BCUT2D eigenvalue weighted by molar-refractivity contribution is -0.117. The second-order valence-corrected chi connectivity index (χ2v) is 5.70. The highest BCUT2D eigenvalue weighted by Gasteiger charge is 2.20. The molecule has 1 saturated heterocycles. The fourth-order valence-corrected chi connectivity index (χ4v) is 3.06. The quantitative estimate of drug-likeness (QED) is 0.838. The molecule has 1 aliphatic carbocycles. The van der Waals surface area contributed by atoms with Crippen LogP contribution >= 0.6 is 0 Å². The SMILES string of the molecule is O=C1Cc2ccc(C(=O)CC[C@H]3CCNC3)cc2C1. The molecule has 1 atom stereocenters. The minimum absolute atomic E-state index is 0.217. The number of rotatable bonds is 4. The summed E-state index contributed by atoms with van der Waals surface area (Å²) in [5.74, 6) is 1.13. The highest BCUT2D eigenvalue weighted by atomic mass is 16.1. The molecule has 0 amide bonds. The highest BCUT2D eigenvalue weighted by Crippen LogP contribution is 2.22. The number of hydrogen-bond acceptors (Lipinski definition) is 3. The van der Waals surface area contributed by atoms with Gasteiger partial charge in [-0.1, -0.05) is 12.1 Å². The zero-order valence-corrected chi connectivity index (χ0v) is 11.1. The largest absolute Gasteiger partial charge is 0.316 e. The Morgan fingerprint density at radius 3 is 2.89 bits per heavy atom. The molecule has 3 rings (SSSR count). The van der Waals surface area contributed by atoms with E-state index in [9.17, 15) is 9.59 Å². The number of carbonyl (C=O) groups excluding carboxylic acids is 2. The average Bonchev–Trinajstić information content (AvgIpc) is 3.02. The Morgan fingerprint density at radius 2 is 2.11 bits per heavy atom. The topological polar surface area (TPSA) is 46.2 Å². The van der Waals surface area contributed by atoms with E-state index in [2.05, 4.69) is 5.32 Å². The number of hydrogen-bond donors (Lipinski definition) is 1. The summed E-state index contributed by atoms with van der Waals surface area (Å²) in [5, 5.41) is 3.33. The molecule has 1 fully saturated rings. The summed E-state index contributed by atoms with van der Waals surface area (Å²) in [5.41, 5.74) is 2.93. The van der Waals surface area contributed by atoms with E-state index in [0.29, 0.717) is 25.2 Å². The van der Waals surface area contributed by atoms with E-state index in [1.165, 1.54) is 6.42 Å². The second kappa shape index (κ2) is 5.25. The van der Waals surface area contributed by atoms with Crippen molar-refractivity contribution in [3.8, 4) is 0 Å². The molecule has 100 valence electrons. The Labute approximate surface area is 113 Å². The maximum absolute atomic E-state index is 12.2. The van der Waals surface area contributed by atoms with Crippen LogP contribution in [0.4, 0.5) is 0 Å². The summed E-state index contributed by atoms with van der Waals surface area (Å²) in [6.07, 6.45) is 3.83. The van der Waals surface area contributed by atoms with Gasteiger partial charge in [0.1, 0.15) is 5.78 Å². The minimum atomic E-state index is 0.217. The Hall–Kier alpha value is -1.48. The van der Waals surface area contributed by atoms with Gasteiger partial charge in [0.05, 0.1) is 0 Å². The summed E-state index contributed by atoms with van der Waals surface area (Å²) in [6, 6.07) is 5.76. The van der Waals surface area contributed by atoms with Crippen molar-refractivity contribution in [3.63, 3.8) is 0 Å². The highest BCUT2D eigenvalue weighted by molar-refractivity contribution is 5.97. The molecule has 1 aliphatic heterocycles. The molecule has 0 aromatic heterocycles. The Kier molecular flexibility index (Phi) is 3.47. The smallest absolute Gasteiger partial charge is 0.162 e. The molecular formula is C16H19NO2. The minimum Gasteiger partial charge on any atom is -0.316 e. The standard InChI is InChI=1S/C16H19NO2/c18-15-8-12-2-3-13(7-14(12)9-15)16(19)4-1-11-5-6-17-10-11/h2-3,7,11,17H,1,4-6,8-10H2/t11-/m0/s1. The van der Waals surface area contributed by atoms with Crippen molar-refractivity contribution in [2.45, 2.75) is 32.1 Å². The molecule has 0 bridgehead atoms. The van der Waals surface area contributed by atoms with Gasteiger partial charge in [-0.05, 0) is 49.0 Å². The van der Waals surface area contributed by atoms with Crippen LogP contribution in [0.3, 0.4) is 0 Å². The molecule has 1 N–H and O–H groups in total.